The van der Waals surface area contributed by atoms with E-state index in [1.165, 1.54) is 0 Å². The maximum absolute atomic E-state index is 12.1. The number of hydrogen-bond donors (Lipinski definition) is 2. The van der Waals surface area contributed by atoms with Crippen LogP contribution in [0, 0.1) is 13.8 Å². The number of pyridine rings is 2. The van der Waals surface area contributed by atoms with Crippen molar-refractivity contribution in [1.82, 2.24) is 9.97 Å². The number of nitrogens with zero attached hydrogens (tertiary/aromatic N) is 2. The standard InChI is InChI=1S/C15H13N3O2/c1-8-12-11(7-10-5-3-4-6-16-10)15(20)18-14(12)17-9(2)13(8)19/h3-7,19H,1-2H3,(H,17,18,20). The van der Waals surface area contributed by atoms with Gasteiger partial charge in [0, 0.05) is 17.3 Å². The summed E-state index contributed by atoms with van der Waals surface area (Å²) in [5, 5.41) is 12.7. The van der Waals surface area contributed by atoms with Gasteiger partial charge in [0.1, 0.15) is 11.6 Å². The van der Waals surface area contributed by atoms with Crippen LogP contribution in [0.1, 0.15) is 22.5 Å². The van der Waals surface area contributed by atoms with E-state index in [1.807, 2.05) is 18.2 Å². The fraction of sp³-hybridized carbons (Fsp3) is 0.133. The summed E-state index contributed by atoms with van der Waals surface area (Å²) in [6, 6.07) is 5.48. The van der Waals surface area contributed by atoms with E-state index in [0.717, 1.165) is 0 Å². The summed E-state index contributed by atoms with van der Waals surface area (Å²) in [5.41, 5.74) is 2.95. The molecule has 2 aromatic heterocycles. The highest BCUT2D eigenvalue weighted by Gasteiger charge is 2.29. The van der Waals surface area contributed by atoms with Crippen LogP contribution in [0.4, 0.5) is 5.82 Å². The molecule has 0 aromatic carbocycles. The number of aromatic hydroxyl groups is 1. The van der Waals surface area contributed by atoms with Gasteiger partial charge in [-0.3, -0.25) is 9.78 Å². The molecule has 5 heteroatoms. The van der Waals surface area contributed by atoms with Crippen LogP contribution in [0.3, 0.4) is 0 Å². The van der Waals surface area contributed by atoms with E-state index in [0.29, 0.717) is 33.9 Å². The molecule has 0 atom stereocenters. The van der Waals surface area contributed by atoms with E-state index in [-0.39, 0.29) is 11.7 Å². The second kappa shape index (κ2) is 4.45. The predicted octanol–water partition coefficient (Wildman–Crippen LogP) is 2.29. The highest BCUT2D eigenvalue weighted by Crippen LogP contribution is 2.38. The molecule has 0 aliphatic carbocycles. The monoisotopic (exact) mass is 267 g/mol. The van der Waals surface area contributed by atoms with Crippen LogP contribution in [0.25, 0.3) is 11.6 Å². The molecule has 0 fully saturated rings. The van der Waals surface area contributed by atoms with E-state index in [2.05, 4.69) is 15.3 Å². The molecular formula is C15H13N3O2. The highest BCUT2D eigenvalue weighted by atomic mass is 16.3. The third-order valence-corrected chi connectivity index (χ3v) is 3.32. The number of rotatable bonds is 1. The molecule has 5 nitrogen and oxygen atoms in total. The van der Waals surface area contributed by atoms with Crippen molar-refractivity contribution in [3.05, 3.63) is 46.9 Å². The van der Waals surface area contributed by atoms with Gasteiger partial charge in [0.15, 0.2) is 0 Å². The molecule has 2 N–H and O–H groups in total. The predicted molar refractivity (Wildman–Crippen MR) is 76.1 cm³/mol. The van der Waals surface area contributed by atoms with Crippen molar-refractivity contribution in [1.29, 1.82) is 0 Å². The molecule has 20 heavy (non-hydrogen) atoms. The van der Waals surface area contributed by atoms with Crippen molar-refractivity contribution in [3.8, 4) is 5.75 Å². The molecule has 1 aliphatic rings. The topological polar surface area (TPSA) is 75.1 Å². The Hall–Kier alpha value is -2.69. The molecule has 0 saturated heterocycles. The summed E-state index contributed by atoms with van der Waals surface area (Å²) in [4.78, 5) is 20.5. The van der Waals surface area contributed by atoms with Crippen molar-refractivity contribution >= 4 is 23.4 Å². The maximum Gasteiger partial charge on any atom is 0.257 e. The van der Waals surface area contributed by atoms with E-state index < -0.39 is 0 Å². The summed E-state index contributed by atoms with van der Waals surface area (Å²) >= 11 is 0. The van der Waals surface area contributed by atoms with E-state index >= 15 is 0 Å². The minimum Gasteiger partial charge on any atom is -0.506 e. The lowest BCUT2D eigenvalue weighted by atomic mass is 10.0. The summed E-state index contributed by atoms with van der Waals surface area (Å²) < 4.78 is 0. The third kappa shape index (κ3) is 1.84. The van der Waals surface area contributed by atoms with Gasteiger partial charge in [-0.1, -0.05) is 6.07 Å². The Morgan fingerprint density at radius 2 is 2.10 bits per heavy atom. The Morgan fingerprint density at radius 1 is 1.30 bits per heavy atom. The molecule has 0 radical (unpaired) electrons. The third-order valence-electron chi connectivity index (χ3n) is 3.32. The summed E-state index contributed by atoms with van der Waals surface area (Å²) in [6.45, 7) is 3.48. The van der Waals surface area contributed by atoms with Gasteiger partial charge >= 0.3 is 0 Å². The van der Waals surface area contributed by atoms with Crippen LogP contribution in [-0.2, 0) is 4.79 Å². The minimum atomic E-state index is -0.230. The van der Waals surface area contributed by atoms with Gasteiger partial charge in [-0.05, 0) is 32.1 Å². The molecule has 1 aliphatic heterocycles. The maximum atomic E-state index is 12.1. The molecule has 3 heterocycles. The first-order valence-electron chi connectivity index (χ1n) is 6.22. The van der Waals surface area contributed by atoms with Crippen molar-refractivity contribution in [2.24, 2.45) is 0 Å². The second-order valence-electron chi connectivity index (χ2n) is 4.66. The molecule has 3 rings (SSSR count). The Kier molecular flexibility index (Phi) is 2.75. The Balaban J connectivity index is 2.20. The zero-order chi connectivity index (χ0) is 14.3. The molecule has 2 aromatic rings. The first kappa shape index (κ1) is 12.3. The number of anilines is 1. The van der Waals surface area contributed by atoms with Crippen LogP contribution >= 0.6 is 0 Å². The fourth-order valence-corrected chi connectivity index (χ4v) is 2.30. The van der Waals surface area contributed by atoms with Crippen LogP contribution in [0.2, 0.25) is 0 Å². The summed E-state index contributed by atoms with van der Waals surface area (Å²) in [6.07, 6.45) is 3.36. The largest absolute Gasteiger partial charge is 0.506 e. The minimum absolute atomic E-state index is 0.118. The number of nitrogens with one attached hydrogen (secondary N) is 1. The van der Waals surface area contributed by atoms with Crippen LogP contribution in [0.15, 0.2) is 24.4 Å². The van der Waals surface area contributed by atoms with Gasteiger partial charge < -0.3 is 10.4 Å². The van der Waals surface area contributed by atoms with Crippen molar-refractivity contribution in [2.75, 3.05) is 5.32 Å². The number of fused-ring (bicyclic) bond motifs is 1. The molecule has 0 spiro atoms. The molecule has 0 bridgehead atoms. The zero-order valence-corrected chi connectivity index (χ0v) is 11.1. The highest BCUT2D eigenvalue weighted by molar-refractivity contribution is 6.34. The van der Waals surface area contributed by atoms with Crippen LogP contribution in [0.5, 0.6) is 5.75 Å². The van der Waals surface area contributed by atoms with Crippen molar-refractivity contribution in [2.45, 2.75) is 13.8 Å². The molecular weight excluding hydrogens is 254 g/mol. The first-order chi connectivity index (χ1) is 9.58. The number of aromatic nitrogens is 2. The average Bonchev–Trinajstić information content (AvgIpc) is 2.74. The molecule has 0 saturated carbocycles. The lowest BCUT2D eigenvalue weighted by molar-refractivity contribution is -0.110. The van der Waals surface area contributed by atoms with E-state index in [9.17, 15) is 9.90 Å². The van der Waals surface area contributed by atoms with E-state index in [4.69, 9.17) is 0 Å². The van der Waals surface area contributed by atoms with Gasteiger partial charge in [-0.2, -0.15) is 0 Å². The summed E-state index contributed by atoms with van der Waals surface area (Å²) in [5.74, 6) is 0.378. The lowest BCUT2D eigenvalue weighted by Crippen LogP contribution is -2.04. The van der Waals surface area contributed by atoms with Crippen molar-refractivity contribution < 1.29 is 9.90 Å². The fourth-order valence-electron chi connectivity index (χ4n) is 2.30. The normalized spacial score (nSPS) is 15.3. The quantitative estimate of drug-likeness (QED) is 0.777. The average molecular weight is 267 g/mol. The van der Waals surface area contributed by atoms with Crippen LogP contribution in [-0.4, -0.2) is 21.0 Å². The lowest BCUT2D eigenvalue weighted by Gasteiger charge is -2.07. The molecule has 0 unspecified atom stereocenters. The number of carbonyl (C=O) groups is 1. The Morgan fingerprint density at radius 3 is 2.80 bits per heavy atom. The van der Waals surface area contributed by atoms with Gasteiger partial charge in [0.25, 0.3) is 5.91 Å². The van der Waals surface area contributed by atoms with Crippen LogP contribution < -0.4 is 5.32 Å². The second-order valence-corrected chi connectivity index (χ2v) is 4.66. The number of carbonyl (C=O) groups excluding carboxylic acids is 1. The molecule has 1 amide bonds. The number of hydrogen-bond acceptors (Lipinski definition) is 4. The van der Waals surface area contributed by atoms with Gasteiger partial charge in [0.05, 0.1) is 17.0 Å². The first-order valence-corrected chi connectivity index (χ1v) is 6.22. The molecule has 100 valence electrons. The smallest absolute Gasteiger partial charge is 0.257 e. The number of aryl methyl sites for hydroxylation is 1. The SMILES string of the molecule is Cc1nc2c(c(C)c1O)C(=Cc1ccccn1)C(=O)N2. The number of amides is 1. The van der Waals surface area contributed by atoms with E-state index in [1.54, 1.807) is 26.1 Å². The van der Waals surface area contributed by atoms with Crippen molar-refractivity contribution in [3.63, 3.8) is 0 Å². The van der Waals surface area contributed by atoms with Gasteiger partial charge in [-0.25, -0.2) is 4.98 Å². The Bertz CT molecular complexity index is 737. The van der Waals surface area contributed by atoms with Gasteiger partial charge in [0.2, 0.25) is 0 Å². The Labute approximate surface area is 116 Å². The van der Waals surface area contributed by atoms with Gasteiger partial charge in [-0.15, -0.1) is 0 Å². The zero-order valence-electron chi connectivity index (χ0n) is 11.1. The summed E-state index contributed by atoms with van der Waals surface area (Å²) in [7, 11) is 0.